The third kappa shape index (κ3) is 3.93. The fourth-order valence-corrected chi connectivity index (χ4v) is 3.82. The molecule has 0 unspecified atom stereocenters. The third-order valence-corrected chi connectivity index (χ3v) is 5.16. The Kier molecular flexibility index (Phi) is 5.00. The molecule has 122 valence electrons. The third-order valence-electron chi connectivity index (χ3n) is 4.22. The van der Waals surface area contributed by atoms with Gasteiger partial charge in [-0.3, -0.25) is 4.79 Å². The first-order valence-electron chi connectivity index (χ1n) is 7.84. The Hall–Kier alpha value is -1.82. The number of halogens is 1. The van der Waals surface area contributed by atoms with E-state index in [0.717, 1.165) is 31.2 Å². The van der Waals surface area contributed by atoms with Crippen molar-refractivity contribution in [3.8, 4) is 5.88 Å². The predicted molar refractivity (Wildman–Crippen MR) is 88.3 cm³/mol. The summed E-state index contributed by atoms with van der Waals surface area (Å²) in [6.45, 7) is 0. The minimum absolute atomic E-state index is 0.108. The van der Waals surface area contributed by atoms with E-state index in [1.54, 1.807) is 12.1 Å². The quantitative estimate of drug-likeness (QED) is 0.656. The molecule has 2 aromatic rings. The van der Waals surface area contributed by atoms with Crippen LogP contribution in [0.4, 0.5) is 4.39 Å². The van der Waals surface area contributed by atoms with Crippen LogP contribution in [-0.4, -0.2) is 15.1 Å². The van der Waals surface area contributed by atoms with Crippen LogP contribution in [0, 0.1) is 5.82 Å². The Labute approximate surface area is 138 Å². The summed E-state index contributed by atoms with van der Waals surface area (Å²) in [4.78, 5) is 19.2. The average molecular weight is 334 g/mol. The summed E-state index contributed by atoms with van der Waals surface area (Å²) in [5.74, 6) is 0.226. The molecule has 0 saturated heterocycles. The summed E-state index contributed by atoms with van der Waals surface area (Å²) in [6.07, 6.45) is 5.23. The van der Waals surface area contributed by atoms with Crippen LogP contribution in [0.25, 0.3) is 0 Å². The Bertz CT molecular complexity index is 724. The van der Waals surface area contributed by atoms with E-state index in [1.807, 2.05) is 0 Å². The van der Waals surface area contributed by atoms with Crippen LogP contribution in [0.2, 0.25) is 0 Å². The summed E-state index contributed by atoms with van der Waals surface area (Å²) in [6, 6.07) is 6.18. The zero-order chi connectivity index (χ0) is 16.2. The normalized spacial score (nSPS) is 15.7. The van der Waals surface area contributed by atoms with Gasteiger partial charge in [0, 0.05) is 5.75 Å². The van der Waals surface area contributed by atoms with Gasteiger partial charge in [-0.15, -0.1) is 0 Å². The minimum atomic E-state index is -0.278. The molecule has 1 saturated carbocycles. The number of aromatic nitrogens is 2. The second-order valence-corrected chi connectivity index (χ2v) is 6.82. The molecule has 2 N–H and O–H groups in total. The molecule has 0 spiro atoms. The van der Waals surface area contributed by atoms with Gasteiger partial charge in [-0.05, 0) is 36.5 Å². The molecule has 0 aliphatic heterocycles. The number of aromatic hydroxyl groups is 1. The second-order valence-electron chi connectivity index (χ2n) is 5.86. The maximum atomic E-state index is 12.9. The largest absolute Gasteiger partial charge is 0.493 e. The van der Waals surface area contributed by atoms with E-state index in [9.17, 15) is 14.3 Å². The maximum Gasteiger partial charge on any atom is 0.258 e. The Morgan fingerprint density at radius 1 is 1.22 bits per heavy atom. The molecule has 23 heavy (non-hydrogen) atoms. The average Bonchev–Trinajstić information content (AvgIpc) is 2.55. The number of benzene rings is 1. The standard InChI is InChI=1S/C17H19FN2O2S/c18-13-8-6-11(7-9-13)10-23-17-19-15(21)14(16(22)20-17)12-4-2-1-3-5-12/h6-9,12H,1-5,10H2,(H2,19,20,21,22). The van der Waals surface area contributed by atoms with E-state index in [2.05, 4.69) is 9.97 Å². The van der Waals surface area contributed by atoms with Crippen molar-refractivity contribution in [2.45, 2.75) is 48.9 Å². The van der Waals surface area contributed by atoms with E-state index >= 15 is 0 Å². The molecule has 1 fully saturated rings. The van der Waals surface area contributed by atoms with Gasteiger partial charge in [-0.25, -0.2) is 4.39 Å². The van der Waals surface area contributed by atoms with Gasteiger partial charge in [0.1, 0.15) is 5.82 Å². The number of nitrogens with zero attached hydrogens (tertiary/aromatic N) is 1. The highest BCUT2D eigenvalue weighted by atomic mass is 32.2. The lowest BCUT2D eigenvalue weighted by atomic mass is 9.85. The lowest BCUT2D eigenvalue weighted by Crippen LogP contribution is -2.20. The Balaban J connectivity index is 1.74. The first kappa shape index (κ1) is 16.1. The van der Waals surface area contributed by atoms with Crippen LogP contribution in [-0.2, 0) is 5.75 Å². The fraction of sp³-hybridized carbons (Fsp3) is 0.412. The van der Waals surface area contributed by atoms with Crippen molar-refractivity contribution in [2.24, 2.45) is 0 Å². The van der Waals surface area contributed by atoms with E-state index < -0.39 is 0 Å². The summed E-state index contributed by atoms with van der Waals surface area (Å²) >= 11 is 1.31. The lowest BCUT2D eigenvalue weighted by molar-refractivity contribution is 0.394. The Morgan fingerprint density at radius 3 is 2.57 bits per heavy atom. The van der Waals surface area contributed by atoms with Gasteiger partial charge < -0.3 is 10.1 Å². The van der Waals surface area contributed by atoms with Crippen molar-refractivity contribution < 1.29 is 9.50 Å². The number of nitrogens with one attached hydrogen (secondary N) is 1. The first-order valence-corrected chi connectivity index (χ1v) is 8.82. The molecular formula is C17H19FN2O2S. The summed E-state index contributed by atoms with van der Waals surface area (Å²) in [5, 5.41) is 10.5. The van der Waals surface area contributed by atoms with Crippen molar-refractivity contribution in [3.05, 3.63) is 51.6 Å². The van der Waals surface area contributed by atoms with Crippen molar-refractivity contribution in [3.63, 3.8) is 0 Å². The molecule has 3 rings (SSSR count). The van der Waals surface area contributed by atoms with Crippen LogP contribution in [0.15, 0.2) is 34.2 Å². The highest BCUT2D eigenvalue weighted by Gasteiger charge is 2.23. The molecule has 0 amide bonds. The molecule has 1 aliphatic carbocycles. The molecule has 0 atom stereocenters. The number of rotatable bonds is 4. The molecule has 1 aromatic heterocycles. The summed E-state index contributed by atoms with van der Waals surface area (Å²) < 4.78 is 12.9. The van der Waals surface area contributed by atoms with E-state index in [-0.39, 0.29) is 23.2 Å². The van der Waals surface area contributed by atoms with Crippen molar-refractivity contribution in [1.82, 2.24) is 9.97 Å². The van der Waals surface area contributed by atoms with Crippen molar-refractivity contribution in [1.29, 1.82) is 0 Å². The zero-order valence-electron chi connectivity index (χ0n) is 12.7. The highest BCUT2D eigenvalue weighted by molar-refractivity contribution is 7.98. The first-order chi connectivity index (χ1) is 11.1. The second kappa shape index (κ2) is 7.17. The molecule has 0 bridgehead atoms. The number of hydrogen-bond donors (Lipinski definition) is 2. The summed E-state index contributed by atoms with van der Waals surface area (Å²) in [5.41, 5.74) is 1.11. The Morgan fingerprint density at radius 2 is 1.91 bits per heavy atom. The minimum Gasteiger partial charge on any atom is -0.493 e. The van der Waals surface area contributed by atoms with Gasteiger partial charge in [-0.1, -0.05) is 43.2 Å². The number of aromatic amines is 1. The van der Waals surface area contributed by atoms with Crippen LogP contribution in [0.5, 0.6) is 5.88 Å². The van der Waals surface area contributed by atoms with Crippen LogP contribution in [0.3, 0.4) is 0 Å². The topological polar surface area (TPSA) is 66.0 Å². The van der Waals surface area contributed by atoms with Crippen LogP contribution < -0.4 is 5.56 Å². The number of hydrogen-bond acceptors (Lipinski definition) is 4. The fourth-order valence-electron chi connectivity index (χ4n) is 3.01. The number of H-pyrrole nitrogens is 1. The highest BCUT2D eigenvalue weighted by Crippen LogP contribution is 2.34. The van der Waals surface area contributed by atoms with Crippen LogP contribution >= 0.6 is 11.8 Å². The lowest BCUT2D eigenvalue weighted by Gasteiger charge is -2.21. The molecule has 6 heteroatoms. The monoisotopic (exact) mass is 334 g/mol. The molecular weight excluding hydrogens is 315 g/mol. The van der Waals surface area contributed by atoms with Gasteiger partial charge in [0.05, 0.1) is 5.56 Å². The van der Waals surface area contributed by atoms with E-state index in [0.29, 0.717) is 16.5 Å². The van der Waals surface area contributed by atoms with Gasteiger partial charge >= 0.3 is 0 Å². The summed E-state index contributed by atoms with van der Waals surface area (Å²) in [7, 11) is 0. The zero-order valence-corrected chi connectivity index (χ0v) is 13.5. The molecule has 1 aromatic carbocycles. The van der Waals surface area contributed by atoms with Gasteiger partial charge in [-0.2, -0.15) is 4.98 Å². The molecule has 4 nitrogen and oxygen atoms in total. The number of thioether (sulfide) groups is 1. The van der Waals surface area contributed by atoms with E-state index in [4.69, 9.17) is 0 Å². The van der Waals surface area contributed by atoms with Gasteiger partial charge in [0.25, 0.3) is 5.56 Å². The van der Waals surface area contributed by atoms with Crippen LogP contribution in [0.1, 0.15) is 49.1 Å². The van der Waals surface area contributed by atoms with E-state index in [1.165, 1.54) is 30.3 Å². The maximum absolute atomic E-state index is 12.9. The van der Waals surface area contributed by atoms with Gasteiger partial charge in [0.2, 0.25) is 5.88 Å². The molecule has 1 aliphatic rings. The van der Waals surface area contributed by atoms with Crippen molar-refractivity contribution in [2.75, 3.05) is 0 Å². The molecule has 0 radical (unpaired) electrons. The van der Waals surface area contributed by atoms with Crippen molar-refractivity contribution >= 4 is 11.8 Å². The predicted octanol–water partition coefficient (Wildman–Crippen LogP) is 3.95. The molecule has 1 heterocycles. The van der Waals surface area contributed by atoms with Gasteiger partial charge in [0.15, 0.2) is 5.16 Å². The SMILES string of the molecule is O=c1[nH]c(SCc2ccc(F)cc2)nc(O)c1C1CCCCC1. The smallest absolute Gasteiger partial charge is 0.258 e.